The summed E-state index contributed by atoms with van der Waals surface area (Å²) in [7, 11) is 0.842. The molecule has 0 aromatic heterocycles. The molecule has 0 aliphatic carbocycles. The van der Waals surface area contributed by atoms with E-state index in [2.05, 4.69) is 9.62 Å². The number of halogens is 1. The fraction of sp³-hybridized carbons (Fsp3) is 0.333. The van der Waals surface area contributed by atoms with Gasteiger partial charge in [-0.25, -0.2) is 17.5 Å². The van der Waals surface area contributed by atoms with Gasteiger partial charge in [-0.2, -0.15) is 0 Å². The standard InChI is InChI=1S/C27H31FN2O5S/c1-18(29-36(31,32)22-11-9-21(33-2)10-12-22)27-23-16-26(35-4)25(34-3)15-19(23)13-14-30(27)17-20-7-5-6-8-24(20)28/h5-12,15-16,18,27,29H,13-14,17H2,1-4H3/t18-,27+/m1/s1. The van der Waals surface area contributed by atoms with Gasteiger partial charge in [-0.3, -0.25) is 4.90 Å². The lowest BCUT2D eigenvalue weighted by Gasteiger charge is -2.41. The van der Waals surface area contributed by atoms with Crippen LogP contribution >= 0.6 is 0 Å². The van der Waals surface area contributed by atoms with Gasteiger partial charge in [0.25, 0.3) is 0 Å². The summed E-state index contributed by atoms with van der Waals surface area (Å²) >= 11 is 0. The van der Waals surface area contributed by atoms with Crippen LogP contribution in [-0.4, -0.2) is 47.2 Å². The number of nitrogens with zero attached hydrogens (tertiary/aromatic N) is 1. The highest BCUT2D eigenvalue weighted by Crippen LogP contribution is 2.40. The van der Waals surface area contributed by atoms with E-state index in [0.29, 0.717) is 42.3 Å². The smallest absolute Gasteiger partial charge is 0.240 e. The number of hydrogen-bond acceptors (Lipinski definition) is 6. The lowest BCUT2D eigenvalue weighted by Crippen LogP contribution is -2.47. The predicted molar refractivity (Wildman–Crippen MR) is 136 cm³/mol. The van der Waals surface area contributed by atoms with Gasteiger partial charge in [0.1, 0.15) is 11.6 Å². The Labute approximate surface area is 211 Å². The molecule has 0 bridgehead atoms. The van der Waals surface area contributed by atoms with Crippen molar-refractivity contribution in [3.63, 3.8) is 0 Å². The maximum absolute atomic E-state index is 14.6. The number of fused-ring (bicyclic) bond motifs is 1. The Kier molecular flexibility index (Phi) is 7.82. The average Bonchev–Trinajstić information content (AvgIpc) is 2.88. The summed E-state index contributed by atoms with van der Waals surface area (Å²) in [6.07, 6.45) is 0.707. The molecular weight excluding hydrogens is 483 g/mol. The fourth-order valence-corrected chi connectivity index (χ4v) is 6.02. The van der Waals surface area contributed by atoms with E-state index < -0.39 is 16.1 Å². The molecule has 0 spiro atoms. The predicted octanol–water partition coefficient (Wildman–Crippen LogP) is 4.32. The third-order valence-corrected chi connectivity index (χ3v) is 8.12. The van der Waals surface area contributed by atoms with Crippen molar-refractivity contribution in [2.75, 3.05) is 27.9 Å². The molecule has 1 heterocycles. The number of benzene rings is 3. The zero-order valence-electron chi connectivity index (χ0n) is 20.8. The Hall–Kier alpha value is -3.14. The maximum atomic E-state index is 14.6. The molecule has 1 N–H and O–H groups in total. The number of methoxy groups -OCH3 is 3. The van der Waals surface area contributed by atoms with Crippen molar-refractivity contribution < 1.29 is 27.0 Å². The van der Waals surface area contributed by atoms with Crippen molar-refractivity contribution in [2.45, 2.75) is 36.9 Å². The van der Waals surface area contributed by atoms with Crippen LogP contribution in [-0.2, 0) is 23.0 Å². The topological polar surface area (TPSA) is 77.1 Å². The highest BCUT2D eigenvalue weighted by molar-refractivity contribution is 7.89. The molecule has 36 heavy (non-hydrogen) atoms. The van der Waals surface area contributed by atoms with Crippen LogP contribution in [0.5, 0.6) is 17.2 Å². The molecule has 0 unspecified atom stereocenters. The summed E-state index contributed by atoms with van der Waals surface area (Å²) in [5, 5.41) is 0. The minimum Gasteiger partial charge on any atom is -0.497 e. The van der Waals surface area contributed by atoms with Gasteiger partial charge >= 0.3 is 0 Å². The van der Waals surface area contributed by atoms with E-state index in [1.165, 1.54) is 25.3 Å². The summed E-state index contributed by atoms with van der Waals surface area (Å²) in [6.45, 7) is 2.78. The van der Waals surface area contributed by atoms with Crippen molar-refractivity contribution in [1.29, 1.82) is 0 Å². The highest BCUT2D eigenvalue weighted by Gasteiger charge is 2.35. The molecule has 0 amide bonds. The van der Waals surface area contributed by atoms with Gasteiger partial charge in [0.05, 0.1) is 32.3 Å². The van der Waals surface area contributed by atoms with Crippen molar-refractivity contribution in [3.05, 3.63) is 83.2 Å². The maximum Gasteiger partial charge on any atom is 0.240 e. The van der Waals surface area contributed by atoms with E-state index in [-0.39, 0.29) is 16.8 Å². The van der Waals surface area contributed by atoms with Crippen LogP contribution in [0.2, 0.25) is 0 Å². The zero-order chi connectivity index (χ0) is 25.9. The molecule has 1 aliphatic heterocycles. The van der Waals surface area contributed by atoms with Crippen LogP contribution in [0.1, 0.15) is 29.7 Å². The molecule has 9 heteroatoms. The van der Waals surface area contributed by atoms with Crippen LogP contribution in [0.3, 0.4) is 0 Å². The highest BCUT2D eigenvalue weighted by atomic mass is 32.2. The fourth-order valence-electron chi connectivity index (χ4n) is 4.77. The summed E-state index contributed by atoms with van der Waals surface area (Å²) in [5.41, 5.74) is 2.51. The van der Waals surface area contributed by atoms with Crippen molar-refractivity contribution in [1.82, 2.24) is 9.62 Å². The van der Waals surface area contributed by atoms with E-state index in [0.717, 1.165) is 11.1 Å². The van der Waals surface area contributed by atoms with Crippen LogP contribution < -0.4 is 18.9 Å². The zero-order valence-corrected chi connectivity index (χ0v) is 21.6. The minimum atomic E-state index is -3.83. The quantitative estimate of drug-likeness (QED) is 0.458. The largest absolute Gasteiger partial charge is 0.497 e. The lowest BCUT2D eigenvalue weighted by atomic mass is 9.88. The third-order valence-electron chi connectivity index (χ3n) is 6.54. The second kappa shape index (κ2) is 10.9. The summed E-state index contributed by atoms with van der Waals surface area (Å²) in [6, 6.07) is 15.8. The summed E-state index contributed by atoms with van der Waals surface area (Å²) in [4.78, 5) is 2.24. The first-order valence-electron chi connectivity index (χ1n) is 11.7. The monoisotopic (exact) mass is 514 g/mol. The van der Waals surface area contributed by atoms with E-state index >= 15 is 0 Å². The van der Waals surface area contributed by atoms with Gasteiger partial charge in [0.2, 0.25) is 10.0 Å². The minimum absolute atomic E-state index is 0.138. The molecule has 1 aliphatic rings. The number of hydrogen-bond donors (Lipinski definition) is 1. The molecule has 0 saturated carbocycles. The average molecular weight is 515 g/mol. The van der Waals surface area contributed by atoms with Gasteiger partial charge in [-0.05, 0) is 66.9 Å². The second-order valence-corrected chi connectivity index (χ2v) is 10.5. The molecule has 0 radical (unpaired) electrons. The molecule has 3 aromatic carbocycles. The van der Waals surface area contributed by atoms with Gasteiger partial charge in [-0.1, -0.05) is 18.2 Å². The normalized spacial score (nSPS) is 16.8. The third kappa shape index (κ3) is 5.33. The van der Waals surface area contributed by atoms with E-state index in [1.54, 1.807) is 44.6 Å². The van der Waals surface area contributed by atoms with E-state index in [1.807, 2.05) is 19.1 Å². The molecule has 0 saturated heterocycles. The van der Waals surface area contributed by atoms with Crippen LogP contribution in [0, 0.1) is 5.82 Å². The number of nitrogens with one attached hydrogen (secondary N) is 1. The molecule has 7 nitrogen and oxygen atoms in total. The van der Waals surface area contributed by atoms with Crippen LogP contribution in [0.25, 0.3) is 0 Å². The Morgan fingerprint density at radius 2 is 1.67 bits per heavy atom. The Morgan fingerprint density at radius 3 is 2.31 bits per heavy atom. The molecule has 2 atom stereocenters. The van der Waals surface area contributed by atoms with Crippen LogP contribution in [0.4, 0.5) is 4.39 Å². The summed E-state index contributed by atoms with van der Waals surface area (Å²) < 4.78 is 60.1. The number of sulfonamides is 1. The number of rotatable bonds is 9. The van der Waals surface area contributed by atoms with Crippen molar-refractivity contribution in [2.24, 2.45) is 0 Å². The molecule has 192 valence electrons. The van der Waals surface area contributed by atoms with Gasteiger partial charge in [0.15, 0.2) is 11.5 Å². The lowest BCUT2D eigenvalue weighted by molar-refractivity contribution is 0.148. The van der Waals surface area contributed by atoms with Crippen molar-refractivity contribution >= 4 is 10.0 Å². The summed E-state index contributed by atoms with van der Waals surface area (Å²) in [5.74, 6) is 1.45. The first-order valence-corrected chi connectivity index (χ1v) is 13.1. The van der Waals surface area contributed by atoms with Crippen molar-refractivity contribution in [3.8, 4) is 17.2 Å². The van der Waals surface area contributed by atoms with E-state index in [4.69, 9.17) is 14.2 Å². The second-order valence-electron chi connectivity index (χ2n) is 8.75. The van der Waals surface area contributed by atoms with E-state index in [9.17, 15) is 12.8 Å². The molecular formula is C27H31FN2O5S. The Bertz CT molecular complexity index is 1310. The molecule has 0 fully saturated rings. The van der Waals surface area contributed by atoms with Gasteiger partial charge in [0, 0.05) is 24.7 Å². The van der Waals surface area contributed by atoms with Gasteiger partial charge in [-0.15, -0.1) is 0 Å². The Morgan fingerprint density at radius 1 is 1.00 bits per heavy atom. The molecule has 3 aromatic rings. The Balaban J connectivity index is 1.72. The first kappa shape index (κ1) is 25.9. The first-order chi connectivity index (χ1) is 17.3. The SMILES string of the molecule is COc1ccc(S(=O)(=O)N[C@H](C)[C@H]2c3cc(OC)c(OC)cc3CCN2Cc2ccccc2F)cc1. The van der Waals surface area contributed by atoms with Crippen LogP contribution in [0.15, 0.2) is 65.6 Å². The number of ether oxygens (including phenoxy) is 3. The van der Waals surface area contributed by atoms with Gasteiger partial charge < -0.3 is 14.2 Å². The molecule has 4 rings (SSSR count).